The van der Waals surface area contributed by atoms with Crippen LogP contribution in [0, 0.1) is 0 Å². The van der Waals surface area contributed by atoms with Crippen LogP contribution in [-0.2, 0) is 6.61 Å². The van der Waals surface area contributed by atoms with Crippen molar-refractivity contribution in [1.29, 1.82) is 0 Å². The number of aliphatic hydroxyl groups is 1. The second-order valence-corrected chi connectivity index (χ2v) is 5.14. The average Bonchev–Trinajstić information content (AvgIpc) is 2.67. The van der Waals surface area contributed by atoms with Crippen LogP contribution in [-0.4, -0.2) is 10.1 Å². The number of aliphatic hydroxyl groups excluding tert-OH is 1. The molecule has 0 fully saturated rings. The van der Waals surface area contributed by atoms with Crippen molar-refractivity contribution >= 4 is 23.1 Å². The van der Waals surface area contributed by atoms with Gasteiger partial charge >= 0.3 is 0 Å². The van der Waals surface area contributed by atoms with Crippen molar-refractivity contribution in [3.63, 3.8) is 0 Å². The van der Waals surface area contributed by atoms with Gasteiger partial charge in [0.05, 0.1) is 10.8 Å². The van der Waals surface area contributed by atoms with Gasteiger partial charge in [-0.25, -0.2) is 4.98 Å². The van der Waals surface area contributed by atoms with Crippen molar-refractivity contribution < 1.29 is 5.11 Å². The van der Waals surface area contributed by atoms with Crippen molar-refractivity contribution in [1.82, 2.24) is 4.98 Å². The van der Waals surface area contributed by atoms with E-state index < -0.39 is 0 Å². The monoisotopic (exact) mass is 223 g/mol. The van der Waals surface area contributed by atoms with Crippen LogP contribution in [0.4, 0.5) is 0 Å². The molecule has 0 aliphatic heterocycles. The molecule has 0 atom stereocenters. The first-order chi connectivity index (χ1) is 6.88. The van der Waals surface area contributed by atoms with E-state index in [-0.39, 0.29) is 6.61 Å². The van der Waals surface area contributed by atoms with E-state index in [1.807, 2.05) is 30.3 Å². The van der Waals surface area contributed by atoms with Gasteiger partial charge in [-0.3, -0.25) is 0 Å². The molecule has 0 spiro atoms. The molecule has 2 aromatic rings. The number of hydrogen-bond donors (Lipinski definition) is 1. The summed E-state index contributed by atoms with van der Waals surface area (Å²) in [5.41, 5.74) is 0. The van der Waals surface area contributed by atoms with Gasteiger partial charge in [0.25, 0.3) is 0 Å². The van der Waals surface area contributed by atoms with Crippen LogP contribution in [0.1, 0.15) is 4.88 Å². The maximum atomic E-state index is 8.90. The SMILES string of the molecule is OCc1ccc(Sc2ccccn2)s1. The maximum absolute atomic E-state index is 8.90. The fraction of sp³-hybridized carbons (Fsp3) is 0.100. The number of hydrogen-bond acceptors (Lipinski definition) is 4. The van der Waals surface area contributed by atoms with E-state index in [1.165, 1.54) is 0 Å². The molecular weight excluding hydrogens is 214 g/mol. The van der Waals surface area contributed by atoms with Crippen LogP contribution in [0.2, 0.25) is 0 Å². The Morgan fingerprint density at radius 3 is 2.86 bits per heavy atom. The van der Waals surface area contributed by atoms with Gasteiger partial charge in [-0.05, 0) is 24.3 Å². The molecule has 0 aromatic carbocycles. The lowest BCUT2D eigenvalue weighted by Crippen LogP contribution is -1.74. The summed E-state index contributed by atoms with van der Waals surface area (Å²) in [5.74, 6) is 0. The fourth-order valence-electron chi connectivity index (χ4n) is 1.01. The Balaban J connectivity index is 2.11. The summed E-state index contributed by atoms with van der Waals surface area (Å²) in [6, 6.07) is 9.79. The van der Waals surface area contributed by atoms with Gasteiger partial charge < -0.3 is 5.11 Å². The predicted molar refractivity (Wildman–Crippen MR) is 58.6 cm³/mol. The molecule has 0 aliphatic rings. The van der Waals surface area contributed by atoms with Gasteiger partial charge in [-0.1, -0.05) is 17.8 Å². The first-order valence-electron chi connectivity index (χ1n) is 4.17. The molecule has 1 N–H and O–H groups in total. The zero-order valence-electron chi connectivity index (χ0n) is 7.38. The number of nitrogens with zero attached hydrogens (tertiary/aromatic N) is 1. The Kier molecular flexibility index (Phi) is 3.18. The van der Waals surface area contributed by atoms with E-state index >= 15 is 0 Å². The topological polar surface area (TPSA) is 33.1 Å². The van der Waals surface area contributed by atoms with Gasteiger partial charge in [0.15, 0.2) is 0 Å². The minimum atomic E-state index is 0.118. The molecule has 0 saturated heterocycles. The predicted octanol–water partition coefficient (Wildman–Crippen LogP) is 2.79. The largest absolute Gasteiger partial charge is 0.391 e. The second kappa shape index (κ2) is 4.59. The molecule has 2 nitrogen and oxygen atoms in total. The summed E-state index contributed by atoms with van der Waals surface area (Å²) in [6.45, 7) is 0.118. The summed E-state index contributed by atoms with van der Waals surface area (Å²) in [5, 5.41) is 9.89. The van der Waals surface area contributed by atoms with Crippen molar-refractivity contribution in [3.8, 4) is 0 Å². The minimum Gasteiger partial charge on any atom is -0.391 e. The van der Waals surface area contributed by atoms with Crippen molar-refractivity contribution in [2.75, 3.05) is 0 Å². The highest BCUT2D eigenvalue weighted by Gasteiger charge is 2.01. The smallest absolute Gasteiger partial charge is 0.101 e. The van der Waals surface area contributed by atoms with Crippen LogP contribution in [0.25, 0.3) is 0 Å². The van der Waals surface area contributed by atoms with Crippen molar-refractivity contribution in [2.45, 2.75) is 15.8 Å². The van der Waals surface area contributed by atoms with E-state index in [2.05, 4.69) is 4.98 Å². The van der Waals surface area contributed by atoms with E-state index in [1.54, 1.807) is 29.3 Å². The molecule has 14 heavy (non-hydrogen) atoms. The Labute approximate surface area is 90.6 Å². The molecule has 0 unspecified atom stereocenters. The fourth-order valence-corrected chi connectivity index (χ4v) is 2.95. The van der Waals surface area contributed by atoms with Crippen molar-refractivity contribution in [3.05, 3.63) is 41.4 Å². The minimum absolute atomic E-state index is 0.118. The van der Waals surface area contributed by atoms with Gasteiger partial charge in [-0.2, -0.15) is 0 Å². The van der Waals surface area contributed by atoms with Gasteiger partial charge in [0.2, 0.25) is 0 Å². The normalized spacial score (nSPS) is 10.4. The molecule has 2 rings (SSSR count). The highest BCUT2D eigenvalue weighted by atomic mass is 32.2. The van der Waals surface area contributed by atoms with E-state index in [9.17, 15) is 0 Å². The van der Waals surface area contributed by atoms with Gasteiger partial charge in [0.1, 0.15) is 5.03 Å². The molecule has 72 valence electrons. The summed E-state index contributed by atoms with van der Waals surface area (Å²) in [4.78, 5) is 5.21. The average molecular weight is 223 g/mol. The maximum Gasteiger partial charge on any atom is 0.101 e. The van der Waals surface area contributed by atoms with E-state index in [0.29, 0.717) is 0 Å². The summed E-state index contributed by atoms with van der Waals surface area (Å²) < 4.78 is 1.16. The quantitative estimate of drug-likeness (QED) is 0.868. The van der Waals surface area contributed by atoms with Crippen LogP contribution >= 0.6 is 23.1 Å². The first kappa shape index (κ1) is 9.71. The van der Waals surface area contributed by atoms with Crippen molar-refractivity contribution in [2.24, 2.45) is 0 Å². The Hall–Kier alpha value is -0.840. The lowest BCUT2D eigenvalue weighted by Gasteiger charge is -1.94. The first-order valence-corrected chi connectivity index (χ1v) is 5.80. The number of aromatic nitrogens is 1. The number of rotatable bonds is 3. The Morgan fingerprint density at radius 2 is 2.21 bits per heavy atom. The molecule has 0 amide bonds. The number of thiophene rings is 1. The van der Waals surface area contributed by atoms with Gasteiger partial charge in [0, 0.05) is 11.1 Å². The molecule has 2 heterocycles. The molecule has 0 radical (unpaired) electrons. The Morgan fingerprint density at radius 1 is 1.29 bits per heavy atom. The lowest BCUT2D eigenvalue weighted by atomic mass is 10.5. The standard InChI is InChI=1S/C10H9NOS2/c12-7-8-4-5-10(13-8)14-9-3-1-2-6-11-9/h1-6,12H,7H2. The van der Waals surface area contributed by atoms with Crippen LogP contribution in [0.3, 0.4) is 0 Å². The summed E-state index contributed by atoms with van der Waals surface area (Å²) in [7, 11) is 0. The molecule has 2 aromatic heterocycles. The highest BCUT2D eigenvalue weighted by Crippen LogP contribution is 2.31. The van der Waals surface area contributed by atoms with E-state index in [0.717, 1.165) is 14.1 Å². The summed E-state index contributed by atoms with van der Waals surface area (Å²) >= 11 is 3.22. The molecule has 0 aliphatic carbocycles. The second-order valence-electron chi connectivity index (χ2n) is 2.65. The lowest BCUT2D eigenvalue weighted by molar-refractivity contribution is 0.285. The highest BCUT2D eigenvalue weighted by molar-refractivity contribution is 8.01. The molecule has 0 bridgehead atoms. The zero-order chi connectivity index (χ0) is 9.80. The third-order valence-corrected chi connectivity index (χ3v) is 3.79. The molecular formula is C10H9NOS2. The van der Waals surface area contributed by atoms with Crippen LogP contribution < -0.4 is 0 Å². The number of pyridine rings is 1. The third kappa shape index (κ3) is 2.35. The third-order valence-electron chi connectivity index (χ3n) is 1.64. The van der Waals surface area contributed by atoms with E-state index in [4.69, 9.17) is 5.11 Å². The zero-order valence-corrected chi connectivity index (χ0v) is 9.02. The summed E-state index contributed by atoms with van der Waals surface area (Å²) in [6.07, 6.45) is 1.78. The van der Waals surface area contributed by atoms with Gasteiger partial charge in [-0.15, -0.1) is 11.3 Å². The van der Waals surface area contributed by atoms with Crippen LogP contribution in [0.15, 0.2) is 45.8 Å². The Bertz CT molecular complexity index is 400. The molecule has 0 saturated carbocycles. The van der Waals surface area contributed by atoms with Crippen LogP contribution in [0.5, 0.6) is 0 Å². The molecule has 4 heteroatoms.